The molecular weight excluding hydrogens is 498 g/mol. The molecule has 0 bridgehead atoms. The molecule has 0 N–H and O–H groups in total. The minimum atomic E-state index is 1.15. The van der Waals surface area contributed by atoms with Gasteiger partial charge in [0.1, 0.15) is 0 Å². The van der Waals surface area contributed by atoms with Gasteiger partial charge in [-0.05, 0) is 72.8 Å². The van der Waals surface area contributed by atoms with Gasteiger partial charge in [-0.3, -0.25) is 0 Å². The van der Waals surface area contributed by atoms with Crippen LogP contribution in [0.15, 0.2) is 152 Å². The van der Waals surface area contributed by atoms with Crippen LogP contribution in [0.5, 0.6) is 0 Å². The summed E-state index contributed by atoms with van der Waals surface area (Å²) in [5, 5.41) is 6.33. The molecule has 3 heteroatoms. The predicted octanol–water partition coefficient (Wildman–Crippen LogP) is 9.82. The molecule has 3 aromatic heterocycles. The molecule has 41 heavy (non-hydrogen) atoms. The van der Waals surface area contributed by atoms with Crippen LogP contribution in [0.2, 0.25) is 0 Å². The third-order valence-electron chi connectivity index (χ3n) is 8.46. The van der Waals surface area contributed by atoms with Gasteiger partial charge in [0.25, 0.3) is 0 Å². The molecule has 3 heterocycles. The highest BCUT2D eigenvalue weighted by Gasteiger charge is 2.16. The SMILES string of the molecule is c1ccc(-n2ccc3cc4c5ccccc5n(-c5ccc(-n6c7ccccc7c7ccccc76)cc5)c4cc32)cc1. The van der Waals surface area contributed by atoms with Crippen LogP contribution in [0.3, 0.4) is 0 Å². The minimum Gasteiger partial charge on any atom is -0.316 e. The first-order valence-corrected chi connectivity index (χ1v) is 14.0. The summed E-state index contributed by atoms with van der Waals surface area (Å²) in [6.45, 7) is 0. The zero-order valence-electron chi connectivity index (χ0n) is 22.3. The molecular formula is C38H25N3. The Morgan fingerprint density at radius 1 is 0.317 bits per heavy atom. The molecule has 192 valence electrons. The number of hydrogen-bond donors (Lipinski definition) is 0. The zero-order valence-corrected chi connectivity index (χ0v) is 22.3. The van der Waals surface area contributed by atoms with Crippen molar-refractivity contribution in [3.05, 3.63) is 152 Å². The molecule has 0 radical (unpaired) electrons. The van der Waals surface area contributed by atoms with Crippen molar-refractivity contribution >= 4 is 54.5 Å². The first-order chi connectivity index (χ1) is 20.3. The molecule has 9 aromatic rings. The fraction of sp³-hybridized carbons (Fsp3) is 0. The lowest BCUT2D eigenvalue weighted by molar-refractivity contribution is 1.12. The highest BCUT2D eigenvalue weighted by Crippen LogP contribution is 2.37. The van der Waals surface area contributed by atoms with Crippen LogP contribution in [-0.2, 0) is 0 Å². The maximum atomic E-state index is 2.40. The summed E-state index contributed by atoms with van der Waals surface area (Å²) in [5.41, 5.74) is 9.55. The fourth-order valence-corrected chi connectivity index (χ4v) is 6.64. The molecule has 3 nitrogen and oxygen atoms in total. The van der Waals surface area contributed by atoms with E-state index in [-0.39, 0.29) is 0 Å². The Kier molecular flexibility index (Phi) is 4.61. The molecule has 0 amide bonds. The van der Waals surface area contributed by atoms with E-state index < -0.39 is 0 Å². The third-order valence-corrected chi connectivity index (χ3v) is 8.46. The van der Waals surface area contributed by atoms with Gasteiger partial charge in [-0.25, -0.2) is 0 Å². The van der Waals surface area contributed by atoms with Crippen LogP contribution in [0.25, 0.3) is 71.6 Å². The predicted molar refractivity (Wildman–Crippen MR) is 172 cm³/mol. The Hall–Kier alpha value is -5.54. The number of nitrogens with zero attached hydrogens (tertiary/aromatic N) is 3. The van der Waals surface area contributed by atoms with Gasteiger partial charge in [0.05, 0.1) is 27.6 Å². The van der Waals surface area contributed by atoms with Crippen molar-refractivity contribution in [2.24, 2.45) is 0 Å². The van der Waals surface area contributed by atoms with Crippen LogP contribution >= 0.6 is 0 Å². The lowest BCUT2D eigenvalue weighted by Crippen LogP contribution is -1.97. The third kappa shape index (κ3) is 3.20. The number of hydrogen-bond acceptors (Lipinski definition) is 0. The van der Waals surface area contributed by atoms with E-state index in [1.165, 1.54) is 60.2 Å². The molecule has 0 aliphatic heterocycles. The molecule has 0 unspecified atom stereocenters. The minimum absolute atomic E-state index is 1.15. The fourth-order valence-electron chi connectivity index (χ4n) is 6.64. The topological polar surface area (TPSA) is 14.8 Å². The van der Waals surface area contributed by atoms with E-state index in [4.69, 9.17) is 0 Å². The Balaban J connectivity index is 1.27. The summed E-state index contributed by atoms with van der Waals surface area (Å²) >= 11 is 0. The molecule has 9 rings (SSSR count). The second-order valence-electron chi connectivity index (χ2n) is 10.7. The van der Waals surface area contributed by atoms with E-state index in [9.17, 15) is 0 Å². The van der Waals surface area contributed by atoms with Crippen molar-refractivity contribution in [2.45, 2.75) is 0 Å². The summed E-state index contributed by atoms with van der Waals surface area (Å²) < 4.78 is 7.06. The first-order valence-electron chi connectivity index (χ1n) is 14.0. The molecule has 0 spiro atoms. The quantitative estimate of drug-likeness (QED) is 0.219. The molecule has 0 saturated carbocycles. The average Bonchev–Trinajstić information content (AvgIpc) is 3.70. The largest absolute Gasteiger partial charge is 0.316 e. The molecule has 0 fully saturated rings. The van der Waals surface area contributed by atoms with Crippen LogP contribution in [-0.4, -0.2) is 13.7 Å². The number of benzene rings is 6. The number of aromatic nitrogens is 3. The van der Waals surface area contributed by atoms with E-state index in [2.05, 4.69) is 165 Å². The van der Waals surface area contributed by atoms with Gasteiger partial charge >= 0.3 is 0 Å². The summed E-state index contributed by atoms with van der Waals surface area (Å²) in [7, 11) is 0. The standard InChI is InChI=1S/C38H25N3/c1-2-10-27(11-3-1)39-23-22-26-24-33-32-14-6-9-17-36(32)41(38(33)25-37(26)39)29-20-18-28(19-21-29)40-34-15-7-4-12-30(34)31-13-5-8-16-35(31)40/h1-25H. The lowest BCUT2D eigenvalue weighted by Gasteiger charge is -2.12. The van der Waals surface area contributed by atoms with Gasteiger partial charge < -0.3 is 13.7 Å². The van der Waals surface area contributed by atoms with Gasteiger partial charge in [0.2, 0.25) is 0 Å². The van der Waals surface area contributed by atoms with Crippen LogP contribution in [0.4, 0.5) is 0 Å². The molecule has 0 aliphatic carbocycles. The molecule has 0 saturated heterocycles. The van der Waals surface area contributed by atoms with Crippen molar-refractivity contribution in [3.63, 3.8) is 0 Å². The van der Waals surface area contributed by atoms with E-state index in [0.29, 0.717) is 0 Å². The van der Waals surface area contributed by atoms with E-state index in [1.54, 1.807) is 0 Å². The van der Waals surface area contributed by atoms with Gasteiger partial charge in [-0.2, -0.15) is 0 Å². The van der Waals surface area contributed by atoms with E-state index in [1.807, 2.05) is 0 Å². The summed E-state index contributed by atoms with van der Waals surface area (Å²) in [6, 6.07) is 52.6. The van der Waals surface area contributed by atoms with Gasteiger partial charge in [-0.15, -0.1) is 0 Å². The average molecular weight is 524 g/mol. The van der Waals surface area contributed by atoms with Crippen molar-refractivity contribution < 1.29 is 0 Å². The zero-order chi connectivity index (χ0) is 26.9. The van der Waals surface area contributed by atoms with E-state index >= 15 is 0 Å². The second-order valence-corrected chi connectivity index (χ2v) is 10.7. The highest BCUT2D eigenvalue weighted by atomic mass is 15.0. The lowest BCUT2D eigenvalue weighted by atomic mass is 10.1. The molecule has 0 aliphatic rings. The number of para-hydroxylation sites is 4. The first kappa shape index (κ1) is 22.3. The Labute approximate surface area is 236 Å². The van der Waals surface area contributed by atoms with Crippen molar-refractivity contribution in [3.8, 4) is 17.1 Å². The second kappa shape index (κ2) is 8.48. The van der Waals surface area contributed by atoms with Gasteiger partial charge in [-0.1, -0.05) is 72.8 Å². The van der Waals surface area contributed by atoms with Gasteiger partial charge in [0, 0.05) is 50.2 Å². The smallest absolute Gasteiger partial charge is 0.0562 e. The highest BCUT2D eigenvalue weighted by molar-refractivity contribution is 6.13. The van der Waals surface area contributed by atoms with E-state index in [0.717, 1.165) is 11.4 Å². The summed E-state index contributed by atoms with van der Waals surface area (Å²) in [5.74, 6) is 0. The van der Waals surface area contributed by atoms with Crippen molar-refractivity contribution in [1.82, 2.24) is 13.7 Å². The Morgan fingerprint density at radius 2 is 0.805 bits per heavy atom. The number of fused-ring (bicyclic) bond motifs is 7. The maximum absolute atomic E-state index is 2.40. The summed E-state index contributed by atoms with van der Waals surface area (Å²) in [4.78, 5) is 0. The van der Waals surface area contributed by atoms with Crippen molar-refractivity contribution in [2.75, 3.05) is 0 Å². The normalized spacial score (nSPS) is 11.9. The van der Waals surface area contributed by atoms with Crippen molar-refractivity contribution in [1.29, 1.82) is 0 Å². The Bertz CT molecular complexity index is 2350. The molecule has 0 atom stereocenters. The van der Waals surface area contributed by atoms with Gasteiger partial charge in [0.15, 0.2) is 0 Å². The number of rotatable bonds is 3. The van der Waals surface area contributed by atoms with Crippen LogP contribution in [0.1, 0.15) is 0 Å². The monoisotopic (exact) mass is 523 g/mol. The summed E-state index contributed by atoms with van der Waals surface area (Å²) in [6.07, 6.45) is 2.17. The van der Waals surface area contributed by atoms with Crippen LogP contribution in [0, 0.1) is 0 Å². The molecule has 6 aromatic carbocycles. The van der Waals surface area contributed by atoms with Crippen LogP contribution < -0.4 is 0 Å². The maximum Gasteiger partial charge on any atom is 0.0562 e. The Morgan fingerprint density at radius 3 is 1.39 bits per heavy atom.